The minimum absolute atomic E-state index is 0.214. The van der Waals surface area contributed by atoms with Crippen molar-refractivity contribution in [1.29, 1.82) is 0 Å². The first-order chi connectivity index (χ1) is 11.5. The van der Waals surface area contributed by atoms with Gasteiger partial charge in [0.25, 0.3) is 0 Å². The Labute approximate surface area is 148 Å². The minimum Gasteiger partial charge on any atom is -0.0654 e. The summed E-state index contributed by atoms with van der Waals surface area (Å²) in [6.07, 6.45) is 6.38. The Kier molecular flexibility index (Phi) is 4.85. The van der Waals surface area contributed by atoms with Gasteiger partial charge < -0.3 is 0 Å². The number of rotatable bonds is 6. The molecule has 0 saturated heterocycles. The Morgan fingerprint density at radius 3 is 2.46 bits per heavy atom. The third-order valence-electron chi connectivity index (χ3n) is 5.90. The van der Waals surface area contributed by atoms with Crippen molar-refractivity contribution in [3.63, 3.8) is 0 Å². The Bertz CT molecular complexity index is 725. The van der Waals surface area contributed by atoms with E-state index in [2.05, 4.69) is 71.0 Å². The highest BCUT2D eigenvalue weighted by Gasteiger charge is 2.43. The van der Waals surface area contributed by atoms with Gasteiger partial charge >= 0.3 is 0 Å². The fraction of sp³-hybridized carbons (Fsp3) is 0.500. The van der Waals surface area contributed by atoms with Crippen LogP contribution in [0.2, 0.25) is 0 Å². The summed E-state index contributed by atoms with van der Waals surface area (Å²) in [6, 6.07) is 14.1. The first-order valence-electron chi connectivity index (χ1n) is 9.75. The highest BCUT2D eigenvalue weighted by Crippen LogP contribution is 2.55. The van der Waals surface area contributed by atoms with Gasteiger partial charge in [0.1, 0.15) is 0 Å². The summed E-state index contributed by atoms with van der Waals surface area (Å²) in [7, 11) is 0. The van der Waals surface area contributed by atoms with Crippen LogP contribution in [0.1, 0.15) is 75.1 Å². The zero-order valence-electron chi connectivity index (χ0n) is 16.1. The van der Waals surface area contributed by atoms with Gasteiger partial charge in [-0.1, -0.05) is 82.0 Å². The molecular formula is C24H32. The lowest BCUT2D eigenvalue weighted by Gasteiger charge is -2.35. The van der Waals surface area contributed by atoms with E-state index < -0.39 is 0 Å². The summed E-state index contributed by atoms with van der Waals surface area (Å²) < 4.78 is 0. The molecule has 0 fully saturated rings. The summed E-state index contributed by atoms with van der Waals surface area (Å²) in [5, 5.41) is 0. The van der Waals surface area contributed by atoms with Gasteiger partial charge in [-0.2, -0.15) is 0 Å². The smallest absolute Gasteiger partial charge is 0.0217 e. The molecule has 0 aliphatic heterocycles. The van der Waals surface area contributed by atoms with E-state index in [1.807, 2.05) is 0 Å². The van der Waals surface area contributed by atoms with Gasteiger partial charge in [-0.15, -0.1) is 0 Å². The van der Waals surface area contributed by atoms with E-state index in [1.54, 1.807) is 11.1 Å². The van der Waals surface area contributed by atoms with E-state index in [-0.39, 0.29) is 5.41 Å². The molecule has 0 radical (unpaired) electrons. The van der Waals surface area contributed by atoms with Crippen LogP contribution in [0.3, 0.4) is 0 Å². The molecule has 0 aromatic heterocycles. The van der Waals surface area contributed by atoms with E-state index in [4.69, 9.17) is 0 Å². The molecule has 2 unspecified atom stereocenters. The largest absolute Gasteiger partial charge is 0.0654 e. The van der Waals surface area contributed by atoms with E-state index in [9.17, 15) is 0 Å². The van der Waals surface area contributed by atoms with Crippen molar-refractivity contribution in [2.45, 2.75) is 72.1 Å². The maximum Gasteiger partial charge on any atom is 0.0217 e. The second kappa shape index (κ2) is 6.75. The van der Waals surface area contributed by atoms with Crippen LogP contribution in [0.4, 0.5) is 0 Å². The summed E-state index contributed by atoms with van der Waals surface area (Å²) in [5.41, 5.74) is 9.23. The van der Waals surface area contributed by atoms with E-state index in [0.717, 1.165) is 5.92 Å². The number of aryl methyl sites for hydroxylation is 2. The van der Waals surface area contributed by atoms with Crippen molar-refractivity contribution >= 4 is 0 Å². The van der Waals surface area contributed by atoms with Crippen molar-refractivity contribution in [2.24, 2.45) is 5.92 Å². The monoisotopic (exact) mass is 320 g/mol. The van der Waals surface area contributed by atoms with Crippen molar-refractivity contribution in [3.05, 3.63) is 58.7 Å². The summed E-state index contributed by atoms with van der Waals surface area (Å²) in [5.74, 6) is 0.765. The minimum atomic E-state index is 0.214. The molecule has 0 heteroatoms. The lowest BCUT2D eigenvalue weighted by atomic mass is 9.68. The number of hydrogen-bond acceptors (Lipinski definition) is 0. The van der Waals surface area contributed by atoms with Crippen molar-refractivity contribution in [1.82, 2.24) is 0 Å². The molecule has 2 aromatic carbocycles. The van der Waals surface area contributed by atoms with Crippen molar-refractivity contribution in [3.8, 4) is 11.1 Å². The number of fused-ring (bicyclic) bond motifs is 3. The van der Waals surface area contributed by atoms with E-state index >= 15 is 0 Å². The molecule has 0 spiro atoms. The van der Waals surface area contributed by atoms with Gasteiger partial charge in [0, 0.05) is 5.41 Å². The van der Waals surface area contributed by atoms with Gasteiger partial charge in [0.15, 0.2) is 0 Å². The van der Waals surface area contributed by atoms with Crippen LogP contribution in [0.5, 0.6) is 0 Å². The van der Waals surface area contributed by atoms with Gasteiger partial charge in [-0.3, -0.25) is 0 Å². The molecule has 24 heavy (non-hydrogen) atoms. The third-order valence-corrected chi connectivity index (χ3v) is 5.90. The standard InChI is InChI=1S/C24H32/c1-6-9-18(4)16-24(14-7-2)21-11-8-10-19(5)23(21)20-13-12-17(3)15-22(20)24/h8,10-13,15,18H,6-7,9,14,16H2,1-5H3. The van der Waals surface area contributed by atoms with Crippen LogP contribution < -0.4 is 0 Å². The SMILES string of the molecule is CCCC(C)CC1(CCC)c2cc(C)ccc2-c2c(C)cccc21. The second-order valence-electron chi connectivity index (χ2n) is 7.98. The average Bonchev–Trinajstić information content (AvgIpc) is 2.79. The molecular weight excluding hydrogens is 288 g/mol. The lowest BCUT2D eigenvalue weighted by molar-refractivity contribution is 0.345. The molecule has 0 heterocycles. The van der Waals surface area contributed by atoms with Crippen LogP contribution in [0.15, 0.2) is 36.4 Å². The molecule has 3 rings (SSSR count). The van der Waals surface area contributed by atoms with Gasteiger partial charge in [0.05, 0.1) is 0 Å². The number of benzene rings is 2. The zero-order valence-corrected chi connectivity index (χ0v) is 16.1. The van der Waals surface area contributed by atoms with E-state index in [1.165, 1.54) is 54.4 Å². The molecule has 1 aliphatic carbocycles. The zero-order chi connectivity index (χ0) is 17.3. The van der Waals surface area contributed by atoms with Crippen LogP contribution in [0.25, 0.3) is 11.1 Å². The highest BCUT2D eigenvalue weighted by molar-refractivity contribution is 5.83. The lowest BCUT2D eigenvalue weighted by Crippen LogP contribution is -2.28. The normalized spacial score (nSPS) is 19.9. The van der Waals surface area contributed by atoms with Gasteiger partial charge in [-0.05, 0) is 60.4 Å². The molecule has 128 valence electrons. The van der Waals surface area contributed by atoms with Crippen molar-refractivity contribution in [2.75, 3.05) is 0 Å². The summed E-state index contributed by atoms with van der Waals surface area (Å²) in [4.78, 5) is 0. The van der Waals surface area contributed by atoms with Crippen LogP contribution in [-0.2, 0) is 5.41 Å². The fourth-order valence-corrected chi connectivity index (χ4v) is 5.05. The molecule has 0 bridgehead atoms. The molecule has 0 saturated carbocycles. The Morgan fingerprint density at radius 1 is 0.958 bits per heavy atom. The average molecular weight is 321 g/mol. The fourth-order valence-electron chi connectivity index (χ4n) is 5.05. The van der Waals surface area contributed by atoms with Crippen molar-refractivity contribution < 1.29 is 0 Å². The Hall–Kier alpha value is -1.56. The Morgan fingerprint density at radius 2 is 1.75 bits per heavy atom. The molecule has 0 nitrogen and oxygen atoms in total. The Balaban J connectivity index is 2.24. The molecule has 1 aliphatic rings. The van der Waals surface area contributed by atoms with Gasteiger partial charge in [-0.25, -0.2) is 0 Å². The molecule has 0 N–H and O–H groups in total. The number of hydrogen-bond donors (Lipinski definition) is 0. The van der Waals surface area contributed by atoms with Crippen LogP contribution >= 0.6 is 0 Å². The van der Waals surface area contributed by atoms with Crippen LogP contribution in [-0.4, -0.2) is 0 Å². The maximum absolute atomic E-state index is 2.48. The topological polar surface area (TPSA) is 0 Å². The maximum atomic E-state index is 2.48. The predicted molar refractivity (Wildman–Crippen MR) is 106 cm³/mol. The van der Waals surface area contributed by atoms with Gasteiger partial charge in [0.2, 0.25) is 0 Å². The molecule has 2 atom stereocenters. The quantitative estimate of drug-likeness (QED) is 0.528. The second-order valence-corrected chi connectivity index (χ2v) is 7.98. The first kappa shape index (κ1) is 17.3. The predicted octanol–water partition coefficient (Wildman–Crippen LogP) is 7.20. The highest BCUT2D eigenvalue weighted by atomic mass is 14.5. The molecule has 2 aromatic rings. The molecule has 0 amide bonds. The third kappa shape index (κ3) is 2.70. The van der Waals surface area contributed by atoms with E-state index in [0.29, 0.717) is 0 Å². The summed E-state index contributed by atoms with van der Waals surface area (Å²) >= 11 is 0. The first-order valence-corrected chi connectivity index (χ1v) is 9.75. The van der Waals surface area contributed by atoms with Crippen LogP contribution in [0, 0.1) is 19.8 Å². The summed E-state index contributed by atoms with van der Waals surface area (Å²) in [6.45, 7) is 11.6.